The van der Waals surface area contributed by atoms with Gasteiger partial charge < -0.3 is 10.1 Å². The zero-order valence-corrected chi connectivity index (χ0v) is 15.4. The van der Waals surface area contributed by atoms with Gasteiger partial charge in [0.2, 0.25) is 0 Å². The van der Waals surface area contributed by atoms with Crippen LogP contribution in [0.5, 0.6) is 0 Å². The number of methoxy groups -OCH3 is 1. The number of para-hydroxylation sites is 1. The Hall–Kier alpha value is -3.28. The summed E-state index contributed by atoms with van der Waals surface area (Å²) in [5.74, 6) is 0.268. The molecule has 2 aliphatic carbocycles. The van der Waals surface area contributed by atoms with Crippen LogP contribution < -0.4 is 5.32 Å². The van der Waals surface area contributed by atoms with Crippen LogP contribution in [0.15, 0.2) is 42.5 Å². The van der Waals surface area contributed by atoms with Crippen LogP contribution in [0.25, 0.3) is 11.0 Å². The summed E-state index contributed by atoms with van der Waals surface area (Å²) in [4.78, 5) is 34.3. The van der Waals surface area contributed by atoms with Crippen molar-refractivity contribution >= 4 is 28.6 Å². The van der Waals surface area contributed by atoms with E-state index in [9.17, 15) is 9.59 Å². The summed E-state index contributed by atoms with van der Waals surface area (Å²) < 4.78 is 4.78. The molecule has 1 heterocycles. The van der Waals surface area contributed by atoms with Gasteiger partial charge in [0, 0.05) is 17.4 Å². The molecular formula is C22H19N3O3. The summed E-state index contributed by atoms with van der Waals surface area (Å²) in [5.41, 5.74) is 5.01. The number of ether oxygens (including phenoxy) is 1. The van der Waals surface area contributed by atoms with Crippen molar-refractivity contribution in [2.45, 2.75) is 31.1 Å². The molecule has 6 nitrogen and oxygen atoms in total. The number of rotatable bonds is 3. The number of carbonyl (C=O) groups excluding carboxylic acids is 2. The van der Waals surface area contributed by atoms with Crippen LogP contribution in [0, 0.1) is 0 Å². The number of benzene rings is 2. The quantitative estimate of drug-likeness (QED) is 0.701. The Balaban J connectivity index is 1.47. The number of carbonyl (C=O) groups is 2. The molecule has 28 heavy (non-hydrogen) atoms. The minimum absolute atomic E-state index is 0.304. The topological polar surface area (TPSA) is 81.2 Å². The van der Waals surface area contributed by atoms with Crippen LogP contribution in [0.2, 0.25) is 0 Å². The molecule has 5 rings (SSSR count). The maximum Gasteiger partial charge on any atom is 0.339 e. The highest BCUT2D eigenvalue weighted by Gasteiger charge is 2.39. The molecule has 6 heteroatoms. The number of anilines is 1. The third-order valence-corrected chi connectivity index (χ3v) is 5.77. The highest BCUT2D eigenvalue weighted by atomic mass is 16.5. The molecule has 2 bridgehead atoms. The number of nitrogens with zero attached hydrogens (tertiary/aromatic N) is 2. The fourth-order valence-corrected chi connectivity index (χ4v) is 4.38. The molecule has 2 aliphatic rings. The smallest absolute Gasteiger partial charge is 0.339 e. The lowest BCUT2D eigenvalue weighted by atomic mass is 10.00. The number of aromatic nitrogens is 2. The van der Waals surface area contributed by atoms with Crippen molar-refractivity contribution in [3.8, 4) is 0 Å². The van der Waals surface area contributed by atoms with Crippen molar-refractivity contribution in [2.75, 3.05) is 12.4 Å². The van der Waals surface area contributed by atoms with Crippen molar-refractivity contribution in [3.63, 3.8) is 0 Å². The molecule has 0 radical (unpaired) electrons. The van der Waals surface area contributed by atoms with E-state index in [0.717, 1.165) is 28.8 Å². The van der Waals surface area contributed by atoms with E-state index in [4.69, 9.17) is 14.7 Å². The van der Waals surface area contributed by atoms with E-state index < -0.39 is 5.97 Å². The third kappa shape index (κ3) is 2.64. The Kier molecular flexibility index (Phi) is 3.86. The molecule has 3 aromatic rings. The van der Waals surface area contributed by atoms with E-state index >= 15 is 0 Å². The van der Waals surface area contributed by atoms with Crippen molar-refractivity contribution < 1.29 is 14.3 Å². The average molecular weight is 373 g/mol. The molecule has 0 saturated heterocycles. The van der Waals surface area contributed by atoms with Crippen molar-refractivity contribution in [2.24, 2.45) is 0 Å². The van der Waals surface area contributed by atoms with Gasteiger partial charge in [-0.2, -0.15) is 0 Å². The first kappa shape index (κ1) is 16.9. The lowest BCUT2D eigenvalue weighted by Crippen LogP contribution is -2.15. The molecule has 2 aromatic carbocycles. The van der Waals surface area contributed by atoms with Crippen molar-refractivity contribution in [3.05, 3.63) is 65.0 Å². The van der Waals surface area contributed by atoms with E-state index in [1.807, 2.05) is 6.07 Å². The summed E-state index contributed by atoms with van der Waals surface area (Å²) in [6.07, 6.45) is 3.55. The molecule has 0 aliphatic heterocycles. The van der Waals surface area contributed by atoms with Gasteiger partial charge in [-0.05, 0) is 49.6 Å². The van der Waals surface area contributed by atoms with Crippen LogP contribution in [0.1, 0.15) is 63.2 Å². The maximum absolute atomic E-state index is 12.8. The maximum atomic E-state index is 12.8. The Labute approximate surface area is 162 Å². The first-order valence-electron chi connectivity index (χ1n) is 9.44. The normalized spacial score (nSPS) is 19.5. The molecule has 2 atom stereocenters. The zero-order chi connectivity index (χ0) is 19.3. The number of nitrogens with one attached hydrogen (secondary N) is 1. The molecule has 2 unspecified atom stereocenters. The summed E-state index contributed by atoms with van der Waals surface area (Å²) in [5, 5.41) is 2.80. The summed E-state index contributed by atoms with van der Waals surface area (Å²) in [6.45, 7) is 0. The van der Waals surface area contributed by atoms with E-state index in [0.29, 0.717) is 28.7 Å². The molecule has 1 amide bonds. The zero-order valence-electron chi connectivity index (χ0n) is 15.4. The first-order valence-corrected chi connectivity index (χ1v) is 9.44. The van der Waals surface area contributed by atoms with Gasteiger partial charge in [0.25, 0.3) is 5.91 Å². The molecule has 1 saturated carbocycles. The molecule has 140 valence electrons. The Bertz CT molecular complexity index is 1130. The number of esters is 1. The van der Waals surface area contributed by atoms with Crippen LogP contribution in [0.3, 0.4) is 0 Å². The predicted molar refractivity (Wildman–Crippen MR) is 105 cm³/mol. The Morgan fingerprint density at radius 1 is 1.00 bits per heavy atom. The summed E-state index contributed by atoms with van der Waals surface area (Å²) in [6, 6.07) is 12.1. The standard InChI is InChI=1S/C22H19N3O3/c1-28-22(27)15-4-2-3-5-16(15)25-21(26)14-8-9-17-18(11-14)24-20-13-7-6-12(10-13)19(20)23-17/h2-5,8-9,11-13H,6-7,10H2,1H3,(H,25,26). The van der Waals surface area contributed by atoms with Gasteiger partial charge in [0.1, 0.15) is 0 Å². The van der Waals surface area contributed by atoms with Crippen LogP contribution in [-0.2, 0) is 4.74 Å². The van der Waals surface area contributed by atoms with Gasteiger partial charge in [-0.3, -0.25) is 4.79 Å². The second-order valence-corrected chi connectivity index (χ2v) is 7.40. The Morgan fingerprint density at radius 2 is 1.71 bits per heavy atom. The third-order valence-electron chi connectivity index (χ3n) is 5.77. The average Bonchev–Trinajstić information content (AvgIpc) is 3.34. The van der Waals surface area contributed by atoms with Crippen molar-refractivity contribution in [1.29, 1.82) is 0 Å². The van der Waals surface area contributed by atoms with E-state index in [1.165, 1.54) is 20.0 Å². The molecule has 1 N–H and O–H groups in total. The number of fused-ring (bicyclic) bond motifs is 6. The lowest BCUT2D eigenvalue weighted by Gasteiger charge is -2.14. The fourth-order valence-electron chi connectivity index (χ4n) is 4.38. The second kappa shape index (κ2) is 6.41. The van der Waals surface area contributed by atoms with E-state index in [2.05, 4.69) is 5.32 Å². The minimum atomic E-state index is -0.495. The number of hydrogen-bond donors (Lipinski definition) is 1. The van der Waals surface area contributed by atoms with Gasteiger partial charge in [0.15, 0.2) is 0 Å². The second-order valence-electron chi connectivity index (χ2n) is 7.40. The van der Waals surface area contributed by atoms with Crippen LogP contribution >= 0.6 is 0 Å². The lowest BCUT2D eigenvalue weighted by molar-refractivity contribution is 0.0602. The first-order chi connectivity index (χ1) is 13.6. The number of amides is 1. The van der Waals surface area contributed by atoms with E-state index in [1.54, 1.807) is 36.4 Å². The molecule has 1 fully saturated rings. The minimum Gasteiger partial charge on any atom is -0.465 e. The van der Waals surface area contributed by atoms with Crippen LogP contribution in [0.4, 0.5) is 5.69 Å². The van der Waals surface area contributed by atoms with Gasteiger partial charge in [-0.25, -0.2) is 14.8 Å². The molecular weight excluding hydrogens is 354 g/mol. The van der Waals surface area contributed by atoms with Crippen molar-refractivity contribution in [1.82, 2.24) is 9.97 Å². The number of hydrogen-bond acceptors (Lipinski definition) is 5. The van der Waals surface area contributed by atoms with Crippen LogP contribution in [-0.4, -0.2) is 29.0 Å². The van der Waals surface area contributed by atoms with Gasteiger partial charge in [0.05, 0.1) is 40.8 Å². The largest absolute Gasteiger partial charge is 0.465 e. The highest BCUT2D eigenvalue weighted by molar-refractivity contribution is 6.09. The van der Waals surface area contributed by atoms with Gasteiger partial charge in [-0.15, -0.1) is 0 Å². The molecule has 1 aromatic heterocycles. The highest BCUT2D eigenvalue weighted by Crippen LogP contribution is 2.51. The monoisotopic (exact) mass is 373 g/mol. The summed E-state index contributed by atoms with van der Waals surface area (Å²) in [7, 11) is 1.31. The van der Waals surface area contributed by atoms with Gasteiger partial charge >= 0.3 is 5.97 Å². The van der Waals surface area contributed by atoms with E-state index in [-0.39, 0.29) is 5.91 Å². The summed E-state index contributed by atoms with van der Waals surface area (Å²) >= 11 is 0. The fraction of sp³-hybridized carbons (Fsp3) is 0.273. The molecule has 0 spiro atoms. The van der Waals surface area contributed by atoms with Gasteiger partial charge in [-0.1, -0.05) is 12.1 Å². The Morgan fingerprint density at radius 3 is 2.46 bits per heavy atom. The SMILES string of the molecule is COC(=O)c1ccccc1NC(=O)c1ccc2nc3c(nc2c1)C1CCC3C1. The predicted octanol–water partition coefficient (Wildman–Crippen LogP) is 4.03.